The predicted octanol–water partition coefficient (Wildman–Crippen LogP) is 0.516. The fourth-order valence-corrected chi connectivity index (χ4v) is 1.47. The molecule has 1 aromatic carbocycles. The van der Waals surface area contributed by atoms with Gasteiger partial charge in [-0.15, -0.1) is 0 Å². The molecule has 0 aliphatic rings. The molecule has 0 heterocycles. The summed E-state index contributed by atoms with van der Waals surface area (Å²) in [6, 6.07) is 4.18. The smallest absolute Gasteiger partial charge is 0.292 e. The summed E-state index contributed by atoms with van der Waals surface area (Å²) < 4.78 is 0. The van der Waals surface area contributed by atoms with Crippen LogP contribution in [-0.4, -0.2) is 31.0 Å². The number of benzene rings is 1. The number of carbonyl (C=O) groups is 1. The lowest BCUT2D eigenvalue weighted by Crippen LogP contribution is -2.27. The number of nitrogen functional groups attached to an aromatic ring is 1. The molecule has 0 fully saturated rings. The average molecular weight is 252 g/mol. The number of nitrogens with one attached hydrogen (secondary N) is 2. The minimum absolute atomic E-state index is 0.103. The SMILES string of the molecule is CNCCCNC(=O)c1cccc([N+](=O)[O-])c1N. The maximum atomic E-state index is 11.8. The van der Waals surface area contributed by atoms with Crippen molar-refractivity contribution in [2.75, 3.05) is 25.9 Å². The fraction of sp³-hybridized carbons (Fsp3) is 0.364. The number of rotatable bonds is 6. The van der Waals surface area contributed by atoms with Gasteiger partial charge in [0.2, 0.25) is 0 Å². The third-order valence-corrected chi connectivity index (χ3v) is 2.41. The molecule has 7 nitrogen and oxygen atoms in total. The summed E-state index contributed by atoms with van der Waals surface area (Å²) >= 11 is 0. The van der Waals surface area contributed by atoms with Gasteiger partial charge < -0.3 is 16.4 Å². The van der Waals surface area contributed by atoms with Crippen LogP contribution in [0.1, 0.15) is 16.8 Å². The summed E-state index contributed by atoms with van der Waals surface area (Å²) in [6.45, 7) is 1.27. The van der Waals surface area contributed by atoms with Crippen molar-refractivity contribution >= 4 is 17.3 Å². The van der Waals surface area contributed by atoms with E-state index >= 15 is 0 Å². The Hall–Kier alpha value is -2.15. The monoisotopic (exact) mass is 252 g/mol. The van der Waals surface area contributed by atoms with Crippen LogP contribution in [0.3, 0.4) is 0 Å². The van der Waals surface area contributed by atoms with Crippen molar-refractivity contribution in [3.8, 4) is 0 Å². The Bertz CT molecular complexity index is 448. The molecule has 0 saturated heterocycles. The molecule has 4 N–H and O–H groups in total. The molecule has 0 aliphatic heterocycles. The number of nitro groups is 1. The highest BCUT2D eigenvalue weighted by atomic mass is 16.6. The summed E-state index contributed by atoms with van der Waals surface area (Å²) in [4.78, 5) is 21.8. The van der Waals surface area contributed by atoms with Gasteiger partial charge in [0.15, 0.2) is 0 Å². The van der Waals surface area contributed by atoms with Crippen molar-refractivity contribution in [1.82, 2.24) is 10.6 Å². The van der Waals surface area contributed by atoms with Gasteiger partial charge in [0.05, 0.1) is 10.5 Å². The summed E-state index contributed by atoms with van der Waals surface area (Å²) in [6.07, 6.45) is 0.775. The number of amides is 1. The first-order valence-corrected chi connectivity index (χ1v) is 5.53. The number of nitrogens with two attached hydrogens (primary N) is 1. The number of nitro benzene ring substituents is 1. The van der Waals surface area contributed by atoms with Gasteiger partial charge in [0, 0.05) is 12.6 Å². The van der Waals surface area contributed by atoms with Gasteiger partial charge in [-0.25, -0.2) is 0 Å². The van der Waals surface area contributed by atoms with E-state index in [-0.39, 0.29) is 16.9 Å². The van der Waals surface area contributed by atoms with Crippen molar-refractivity contribution in [2.45, 2.75) is 6.42 Å². The van der Waals surface area contributed by atoms with Gasteiger partial charge in [-0.3, -0.25) is 14.9 Å². The molecule has 18 heavy (non-hydrogen) atoms. The summed E-state index contributed by atoms with van der Waals surface area (Å²) in [5.74, 6) is -0.396. The highest BCUT2D eigenvalue weighted by molar-refractivity contribution is 6.00. The first kappa shape index (κ1) is 13.9. The van der Waals surface area contributed by atoms with Crippen molar-refractivity contribution in [1.29, 1.82) is 0 Å². The Morgan fingerprint density at radius 1 is 1.44 bits per heavy atom. The van der Waals surface area contributed by atoms with Crippen molar-refractivity contribution < 1.29 is 9.72 Å². The quantitative estimate of drug-likeness (QED) is 0.296. The van der Waals surface area contributed by atoms with Gasteiger partial charge in [0.25, 0.3) is 11.6 Å². The molecule has 7 heteroatoms. The highest BCUT2D eigenvalue weighted by Crippen LogP contribution is 2.24. The molecule has 0 spiro atoms. The van der Waals surface area contributed by atoms with E-state index < -0.39 is 10.8 Å². The zero-order chi connectivity index (χ0) is 13.5. The molecule has 0 bridgehead atoms. The van der Waals surface area contributed by atoms with E-state index in [1.807, 2.05) is 7.05 Å². The third-order valence-electron chi connectivity index (χ3n) is 2.41. The predicted molar refractivity (Wildman–Crippen MR) is 68.4 cm³/mol. The Morgan fingerprint density at radius 2 is 2.17 bits per heavy atom. The van der Waals surface area contributed by atoms with E-state index in [2.05, 4.69) is 10.6 Å². The number of hydrogen-bond acceptors (Lipinski definition) is 5. The number of para-hydroxylation sites is 1. The van der Waals surface area contributed by atoms with Crippen LogP contribution in [0.2, 0.25) is 0 Å². The second-order valence-electron chi connectivity index (χ2n) is 3.71. The minimum atomic E-state index is -0.604. The maximum Gasteiger partial charge on any atom is 0.292 e. The molecule has 1 amide bonds. The maximum absolute atomic E-state index is 11.8. The van der Waals surface area contributed by atoms with Gasteiger partial charge in [-0.1, -0.05) is 6.07 Å². The molecular weight excluding hydrogens is 236 g/mol. The normalized spacial score (nSPS) is 10.1. The second kappa shape index (κ2) is 6.55. The van der Waals surface area contributed by atoms with E-state index in [1.165, 1.54) is 18.2 Å². The zero-order valence-electron chi connectivity index (χ0n) is 10.1. The van der Waals surface area contributed by atoms with Gasteiger partial charge in [-0.05, 0) is 26.1 Å². The van der Waals surface area contributed by atoms with Crippen molar-refractivity contribution in [3.05, 3.63) is 33.9 Å². The molecule has 0 aliphatic carbocycles. The first-order chi connectivity index (χ1) is 8.57. The molecule has 0 unspecified atom stereocenters. The number of hydrogen-bond donors (Lipinski definition) is 3. The van der Waals surface area contributed by atoms with Crippen LogP contribution in [0.25, 0.3) is 0 Å². The summed E-state index contributed by atoms with van der Waals surface area (Å²) in [5, 5.41) is 16.3. The Labute approximate surface area is 105 Å². The summed E-state index contributed by atoms with van der Waals surface area (Å²) in [7, 11) is 1.82. The van der Waals surface area contributed by atoms with Gasteiger partial charge >= 0.3 is 0 Å². The molecule has 0 radical (unpaired) electrons. The van der Waals surface area contributed by atoms with Crippen LogP contribution in [0.4, 0.5) is 11.4 Å². The minimum Gasteiger partial charge on any atom is -0.393 e. The highest BCUT2D eigenvalue weighted by Gasteiger charge is 2.18. The zero-order valence-corrected chi connectivity index (χ0v) is 10.1. The van der Waals surface area contributed by atoms with Crippen LogP contribution in [-0.2, 0) is 0 Å². The van der Waals surface area contributed by atoms with Crippen LogP contribution in [0.5, 0.6) is 0 Å². The fourth-order valence-electron chi connectivity index (χ4n) is 1.47. The molecule has 98 valence electrons. The Kier molecular flexibility index (Phi) is 5.06. The molecule has 1 aromatic rings. The van der Waals surface area contributed by atoms with E-state index in [0.717, 1.165) is 13.0 Å². The number of carbonyl (C=O) groups excluding carboxylic acids is 1. The lowest BCUT2D eigenvalue weighted by Gasteiger charge is -2.07. The Balaban J connectivity index is 2.74. The first-order valence-electron chi connectivity index (χ1n) is 5.53. The number of nitrogens with zero attached hydrogens (tertiary/aromatic N) is 1. The topological polar surface area (TPSA) is 110 Å². The van der Waals surface area contributed by atoms with Crippen LogP contribution >= 0.6 is 0 Å². The molecule has 0 aromatic heterocycles. The van der Waals surface area contributed by atoms with E-state index in [9.17, 15) is 14.9 Å². The Morgan fingerprint density at radius 3 is 2.78 bits per heavy atom. The average Bonchev–Trinajstić information content (AvgIpc) is 2.34. The molecule has 0 atom stereocenters. The lowest BCUT2D eigenvalue weighted by atomic mass is 10.1. The summed E-state index contributed by atoms with van der Waals surface area (Å²) in [5.41, 5.74) is 5.38. The van der Waals surface area contributed by atoms with Crippen LogP contribution in [0, 0.1) is 10.1 Å². The van der Waals surface area contributed by atoms with Crippen molar-refractivity contribution in [3.63, 3.8) is 0 Å². The molecular formula is C11H16N4O3. The van der Waals surface area contributed by atoms with Crippen LogP contribution in [0.15, 0.2) is 18.2 Å². The van der Waals surface area contributed by atoms with E-state index in [4.69, 9.17) is 5.73 Å². The van der Waals surface area contributed by atoms with Gasteiger partial charge in [0.1, 0.15) is 5.69 Å². The van der Waals surface area contributed by atoms with E-state index in [0.29, 0.717) is 6.54 Å². The van der Waals surface area contributed by atoms with Crippen LogP contribution < -0.4 is 16.4 Å². The standard InChI is InChI=1S/C11H16N4O3/c1-13-6-3-7-14-11(16)8-4-2-5-9(10(8)12)15(17)18/h2,4-5,13H,3,6-7,12H2,1H3,(H,14,16). The molecule has 1 rings (SSSR count). The second-order valence-corrected chi connectivity index (χ2v) is 3.71. The van der Waals surface area contributed by atoms with Gasteiger partial charge in [-0.2, -0.15) is 0 Å². The number of anilines is 1. The largest absolute Gasteiger partial charge is 0.393 e. The molecule has 0 saturated carbocycles. The lowest BCUT2D eigenvalue weighted by molar-refractivity contribution is -0.383. The van der Waals surface area contributed by atoms with Crippen molar-refractivity contribution in [2.24, 2.45) is 0 Å². The van der Waals surface area contributed by atoms with E-state index in [1.54, 1.807) is 0 Å². The third kappa shape index (κ3) is 3.42.